The van der Waals surface area contributed by atoms with Crippen LogP contribution in [0.2, 0.25) is 5.02 Å². The van der Waals surface area contributed by atoms with Gasteiger partial charge in [-0.1, -0.05) is 23.7 Å². The molecule has 1 amide bonds. The van der Waals surface area contributed by atoms with E-state index in [0.717, 1.165) is 16.9 Å². The van der Waals surface area contributed by atoms with Crippen molar-refractivity contribution in [1.29, 1.82) is 0 Å². The number of halogens is 1. The summed E-state index contributed by atoms with van der Waals surface area (Å²) in [5.74, 6) is -0.416. The third-order valence-corrected chi connectivity index (χ3v) is 4.22. The van der Waals surface area contributed by atoms with E-state index in [4.69, 9.17) is 11.6 Å². The Hall–Kier alpha value is -3.18. The molecule has 0 aliphatic carbocycles. The summed E-state index contributed by atoms with van der Waals surface area (Å²) in [6.07, 6.45) is 1.56. The van der Waals surface area contributed by atoms with Crippen LogP contribution in [0.25, 0.3) is 0 Å². The van der Waals surface area contributed by atoms with Crippen molar-refractivity contribution in [3.63, 3.8) is 0 Å². The Morgan fingerprint density at radius 2 is 1.81 bits per heavy atom. The Morgan fingerprint density at radius 1 is 1.00 bits per heavy atom. The minimum Gasteiger partial charge on any atom is -0.355 e. The Bertz CT molecular complexity index is 1020. The van der Waals surface area contributed by atoms with Gasteiger partial charge in [0.2, 0.25) is 0 Å². The first-order valence-electron chi connectivity index (χ1n) is 8.34. The molecule has 0 unspecified atom stereocenters. The lowest BCUT2D eigenvalue weighted by Gasteiger charge is -2.11. The van der Waals surface area contributed by atoms with E-state index < -0.39 is 0 Å². The lowest BCUT2D eigenvalue weighted by Crippen LogP contribution is -2.14. The van der Waals surface area contributed by atoms with Gasteiger partial charge in [-0.2, -0.15) is 0 Å². The molecule has 0 atom stereocenters. The van der Waals surface area contributed by atoms with E-state index >= 15 is 0 Å². The molecule has 0 saturated heterocycles. The van der Waals surface area contributed by atoms with Crippen LogP contribution >= 0.6 is 11.6 Å². The summed E-state index contributed by atoms with van der Waals surface area (Å²) in [6.45, 7) is 3.43. The van der Waals surface area contributed by atoms with Crippen LogP contribution in [0, 0.1) is 6.92 Å². The highest BCUT2D eigenvalue weighted by Crippen LogP contribution is 2.24. The Kier molecular flexibility index (Phi) is 5.52. The number of benzene rings is 2. The zero-order valence-electron chi connectivity index (χ0n) is 14.9. The molecule has 136 valence electrons. The SMILES string of the molecule is CC(=O)c1cccc(NC(=O)c2cc(Nc3ccc(Cl)cc3C)ccn2)c1. The van der Waals surface area contributed by atoms with Crippen molar-refractivity contribution in [2.45, 2.75) is 13.8 Å². The quantitative estimate of drug-likeness (QED) is 0.594. The second-order valence-electron chi connectivity index (χ2n) is 6.11. The van der Waals surface area contributed by atoms with E-state index in [1.165, 1.54) is 6.92 Å². The molecule has 0 bridgehead atoms. The average Bonchev–Trinajstić information content (AvgIpc) is 2.64. The second-order valence-corrected chi connectivity index (χ2v) is 6.54. The summed E-state index contributed by atoms with van der Waals surface area (Å²) in [6, 6.07) is 15.8. The monoisotopic (exact) mass is 379 g/mol. The third kappa shape index (κ3) is 4.71. The molecule has 0 fully saturated rings. The molecule has 0 aliphatic heterocycles. The van der Waals surface area contributed by atoms with Crippen LogP contribution in [-0.4, -0.2) is 16.7 Å². The van der Waals surface area contributed by atoms with Crippen molar-refractivity contribution >= 4 is 40.4 Å². The molecular formula is C21H18ClN3O2. The zero-order chi connectivity index (χ0) is 19.4. The number of amides is 1. The molecule has 1 heterocycles. The van der Waals surface area contributed by atoms with Gasteiger partial charge in [-0.15, -0.1) is 0 Å². The number of aromatic nitrogens is 1. The van der Waals surface area contributed by atoms with Gasteiger partial charge in [0, 0.05) is 33.8 Å². The number of ketones is 1. The van der Waals surface area contributed by atoms with E-state index in [1.807, 2.05) is 19.1 Å². The minimum atomic E-state index is -0.354. The van der Waals surface area contributed by atoms with Crippen LogP contribution in [0.5, 0.6) is 0 Å². The summed E-state index contributed by atoms with van der Waals surface area (Å²) in [7, 11) is 0. The summed E-state index contributed by atoms with van der Waals surface area (Å²) >= 11 is 5.98. The maximum atomic E-state index is 12.5. The molecule has 27 heavy (non-hydrogen) atoms. The van der Waals surface area contributed by atoms with E-state index in [-0.39, 0.29) is 17.4 Å². The Morgan fingerprint density at radius 3 is 2.56 bits per heavy atom. The van der Waals surface area contributed by atoms with Gasteiger partial charge in [-0.05, 0) is 61.9 Å². The molecule has 0 spiro atoms. The second kappa shape index (κ2) is 8.01. The Labute approximate surface area is 162 Å². The highest BCUT2D eigenvalue weighted by molar-refractivity contribution is 6.30. The summed E-state index contributed by atoms with van der Waals surface area (Å²) in [5.41, 5.74) is 3.96. The number of carbonyl (C=O) groups excluding carboxylic acids is 2. The first-order valence-corrected chi connectivity index (χ1v) is 8.72. The molecule has 0 aliphatic rings. The van der Waals surface area contributed by atoms with Crippen molar-refractivity contribution in [2.75, 3.05) is 10.6 Å². The predicted octanol–water partition coefficient (Wildman–Crippen LogP) is 5.24. The number of rotatable bonds is 5. The molecule has 0 saturated carbocycles. The normalized spacial score (nSPS) is 10.3. The number of aryl methyl sites for hydroxylation is 1. The molecule has 6 heteroatoms. The van der Waals surface area contributed by atoms with Crippen LogP contribution in [0.3, 0.4) is 0 Å². The standard InChI is InChI=1S/C21H18ClN3O2/c1-13-10-16(22)6-7-19(13)24-18-8-9-23-20(12-18)21(27)25-17-5-3-4-15(11-17)14(2)26/h3-12H,1-2H3,(H,23,24)(H,25,27). The number of hydrogen-bond acceptors (Lipinski definition) is 4. The van der Waals surface area contributed by atoms with Gasteiger partial charge >= 0.3 is 0 Å². The number of pyridine rings is 1. The fourth-order valence-corrected chi connectivity index (χ4v) is 2.79. The van der Waals surface area contributed by atoms with E-state index in [9.17, 15) is 9.59 Å². The summed E-state index contributed by atoms with van der Waals surface area (Å²) in [5, 5.41) is 6.69. The maximum absolute atomic E-state index is 12.5. The van der Waals surface area contributed by atoms with Crippen LogP contribution in [0.15, 0.2) is 60.8 Å². The van der Waals surface area contributed by atoms with E-state index in [0.29, 0.717) is 16.3 Å². The zero-order valence-corrected chi connectivity index (χ0v) is 15.7. The largest absolute Gasteiger partial charge is 0.355 e. The van der Waals surface area contributed by atoms with Crippen LogP contribution in [0.4, 0.5) is 17.1 Å². The first kappa shape index (κ1) is 18.6. The van der Waals surface area contributed by atoms with Gasteiger partial charge < -0.3 is 10.6 Å². The van der Waals surface area contributed by atoms with Crippen molar-refractivity contribution in [2.24, 2.45) is 0 Å². The molecule has 3 rings (SSSR count). The number of nitrogens with zero attached hydrogens (tertiary/aromatic N) is 1. The highest BCUT2D eigenvalue weighted by atomic mass is 35.5. The highest BCUT2D eigenvalue weighted by Gasteiger charge is 2.10. The van der Waals surface area contributed by atoms with E-state index in [2.05, 4.69) is 15.6 Å². The third-order valence-electron chi connectivity index (χ3n) is 3.99. The number of anilines is 3. The molecular weight excluding hydrogens is 362 g/mol. The molecule has 5 nitrogen and oxygen atoms in total. The van der Waals surface area contributed by atoms with Crippen molar-refractivity contribution < 1.29 is 9.59 Å². The van der Waals surface area contributed by atoms with Gasteiger partial charge in [0.05, 0.1) is 0 Å². The lowest BCUT2D eigenvalue weighted by atomic mass is 10.1. The number of nitrogens with one attached hydrogen (secondary N) is 2. The van der Waals surface area contributed by atoms with Crippen LogP contribution in [0.1, 0.15) is 33.3 Å². The summed E-state index contributed by atoms with van der Waals surface area (Å²) in [4.78, 5) is 28.1. The molecule has 1 aromatic heterocycles. The first-order chi connectivity index (χ1) is 12.9. The van der Waals surface area contributed by atoms with Crippen LogP contribution < -0.4 is 10.6 Å². The Balaban J connectivity index is 1.77. The predicted molar refractivity (Wildman–Crippen MR) is 108 cm³/mol. The number of carbonyl (C=O) groups is 2. The number of Topliss-reactive ketones (excluding diaryl/α,β-unsaturated/α-hetero) is 1. The van der Waals surface area contributed by atoms with Gasteiger partial charge in [-0.3, -0.25) is 14.6 Å². The maximum Gasteiger partial charge on any atom is 0.274 e. The smallest absolute Gasteiger partial charge is 0.274 e. The van der Waals surface area contributed by atoms with E-state index in [1.54, 1.807) is 48.7 Å². The summed E-state index contributed by atoms with van der Waals surface area (Å²) < 4.78 is 0. The van der Waals surface area contributed by atoms with Gasteiger partial charge in [0.1, 0.15) is 5.69 Å². The van der Waals surface area contributed by atoms with Gasteiger partial charge in [0.25, 0.3) is 5.91 Å². The molecule has 3 aromatic rings. The average molecular weight is 380 g/mol. The molecule has 2 N–H and O–H groups in total. The van der Waals surface area contributed by atoms with Crippen molar-refractivity contribution in [1.82, 2.24) is 4.98 Å². The van der Waals surface area contributed by atoms with Crippen molar-refractivity contribution in [3.05, 3.63) is 82.6 Å². The number of hydrogen-bond donors (Lipinski definition) is 2. The lowest BCUT2D eigenvalue weighted by molar-refractivity contribution is 0.100. The topological polar surface area (TPSA) is 71.1 Å². The van der Waals surface area contributed by atoms with Crippen LogP contribution in [-0.2, 0) is 0 Å². The molecule has 2 aromatic carbocycles. The molecule has 0 radical (unpaired) electrons. The minimum absolute atomic E-state index is 0.0613. The fraction of sp³-hybridized carbons (Fsp3) is 0.0952. The van der Waals surface area contributed by atoms with Crippen molar-refractivity contribution in [3.8, 4) is 0 Å². The van der Waals surface area contributed by atoms with Gasteiger partial charge in [-0.25, -0.2) is 0 Å². The van der Waals surface area contributed by atoms with Gasteiger partial charge in [0.15, 0.2) is 5.78 Å². The fourth-order valence-electron chi connectivity index (χ4n) is 2.57.